The lowest BCUT2D eigenvalue weighted by Crippen LogP contribution is -2.58. The van der Waals surface area contributed by atoms with Crippen molar-refractivity contribution in [2.75, 3.05) is 9.80 Å². The largest absolute Gasteiger partial charge is 0.458 e. The molecule has 0 bridgehead atoms. The van der Waals surface area contributed by atoms with Gasteiger partial charge in [0.1, 0.15) is 23.0 Å². The first-order valence-electron chi connectivity index (χ1n) is 21.2. The molecule has 0 saturated carbocycles. The molecule has 61 heavy (non-hydrogen) atoms. The lowest BCUT2D eigenvalue weighted by atomic mass is 9.33. The van der Waals surface area contributed by atoms with Gasteiger partial charge in [0.15, 0.2) is 0 Å². The minimum atomic E-state index is -1.83. The number of rotatable bonds is 7. The van der Waals surface area contributed by atoms with E-state index >= 15 is 0 Å². The van der Waals surface area contributed by atoms with Gasteiger partial charge in [-0.25, -0.2) is 0 Å². The third kappa shape index (κ3) is 6.20. The molecule has 6 heteroatoms. The minimum absolute atomic E-state index is 0.153. The topological polar surface area (TPSA) is 24.9 Å². The molecule has 0 N–H and O–H groups in total. The molecule has 0 atom stereocenters. The summed E-state index contributed by atoms with van der Waals surface area (Å²) in [6, 6.07) is 65.8. The van der Waals surface area contributed by atoms with Gasteiger partial charge in [-0.3, -0.25) is 0 Å². The van der Waals surface area contributed by atoms with E-state index in [4.69, 9.17) is 9.47 Å². The van der Waals surface area contributed by atoms with E-state index in [-0.39, 0.29) is 6.71 Å². The third-order valence-corrected chi connectivity index (χ3v) is 14.4. The van der Waals surface area contributed by atoms with Crippen LogP contribution in [0.25, 0.3) is 21.5 Å². The Kier molecular flexibility index (Phi) is 8.69. The molecule has 0 unspecified atom stereocenters. The number of nitrogens with zero attached hydrogens (tertiary/aromatic N) is 2. The Hall–Kier alpha value is -7.02. The van der Waals surface area contributed by atoms with Crippen LogP contribution in [0.15, 0.2) is 182 Å². The quantitative estimate of drug-likeness (QED) is 0.150. The molecule has 9 aromatic rings. The predicted molar refractivity (Wildman–Crippen MR) is 261 cm³/mol. The lowest BCUT2D eigenvalue weighted by Gasteiger charge is -2.37. The van der Waals surface area contributed by atoms with Crippen LogP contribution in [0.3, 0.4) is 0 Å². The van der Waals surface area contributed by atoms with Gasteiger partial charge < -0.3 is 19.3 Å². The summed E-state index contributed by atoms with van der Waals surface area (Å²) in [4.78, 5) is 4.75. The Morgan fingerprint density at radius 2 is 0.754 bits per heavy atom. The van der Waals surface area contributed by atoms with Gasteiger partial charge in [-0.15, -0.1) is 0 Å². The molecule has 2 heterocycles. The van der Waals surface area contributed by atoms with Crippen molar-refractivity contribution in [3.05, 3.63) is 193 Å². The first kappa shape index (κ1) is 37.0. The number of anilines is 6. The fraction of sp³-hybridized carbons (Fsp3) is 0.0909. The summed E-state index contributed by atoms with van der Waals surface area (Å²) in [6.07, 6.45) is 0. The molecule has 2 aliphatic heterocycles. The number of hydrogen-bond acceptors (Lipinski definition) is 4. The van der Waals surface area contributed by atoms with Gasteiger partial charge in [-0.1, -0.05) is 134 Å². The van der Waals surface area contributed by atoms with Crippen LogP contribution < -0.4 is 40.8 Å². The smallest absolute Gasteiger partial charge is 0.262 e. The Morgan fingerprint density at radius 3 is 1.16 bits per heavy atom. The summed E-state index contributed by atoms with van der Waals surface area (Å²) >= 11 is 0. The van der Waals surface area contributed by atoms with E-state index in [0.29, 0.717) is 0 Å². The Balaban J connectivity index is 1.22. The molecule has 0 aromatic heterocycles. The van der Waals surface area contributed by atoms with Gasteiger partial charge >= 0.3 is 0 Å². The number of aryl methyl sites for hydroxylation is 2. The van der Waals surface area contributed by atoms with Crippen molar-refractivity contribution in [3.63, 3.8) is 0 Å². The third-order valence-electron chi connectivity index (χ3n) is 12.4. The molecule has 9 aromatic carbocycles. The van der Waals surface area contributed by atoms with Crippen LogP contribution in [0.2, 0.25) is 19.6 Å². The maximum atomic E-state index is 7.28. The standard InChI is InChI=1S/C55H45BN2O2Si/c1-36-18-16-24-40(30-36)57(38-20-8-6-9-21-38)47-34-51-53(45-28-14-12-26-43(45)47)56-54-46-29-15-13-27-44(46)48(58(39-22-10-7-11-23-39)41-25-17-19-37(2)31-41)35-52(54)60-50-33-42(61(3,4)5)32-49(59-51)55(50)56/h6-35H,1-5H3. The van der Waals surface area contributed by atoms with Crippen molar-refractivity contribution < 1.29 is 9.47 Å². The predicted octanol–water partition coefficient (Wildman–Crippen LogP) is 12.8. The zero-order chi connectivity index (χ0) is 41.4. The molecular weight excluding hydrogens is 760 g/mol. The van der Waals surface area contributed by atoms with Crippen LogP contribution in [-0.4, -0.2) is 14.8 Å². The Bertz CT molecular complexity index is 2980. The van der Waals surface area contributed by atoms with E-state index in [1.807, 2.05) is 0 Å². The Morgan fingerprint density at radius 1 is 0.377 bits per heavy atom. The average molecular weight is 805 g/mol. The van der Waals surface area contributed by atoms with Gasteiger partial charge in [0.25, 0.3) is 6.71 Å². The van der Waals surface area contributed by atoms with E-state index in [0.717, 1.165) is 95.1 Å². The number of hydrogen-bond donors (Lipinski definition) is 0. The van der Waals surface area contributed by atoms with Crippen molar-refractivity contribution in [3.8, 4) is 23.0 Å². The van der Waals surface area contributed by atoms with Gasteiger partial charge in [0.05, 0.1) is 19.4 Å². The van der Waals surface area contributed by atoms with Crippen molar-refractivity contribution in [2.45, 2.75) is 33.5 Å². The summed E-state index contributed by atoms with van der Waals surface area (Å²) in [7, 11) is -1.83. The number of para-hydroxylation sites is 2. The summed E-state index contributed by atoms with van der Waals surface area (Å²) in [5.74, 6) is 3.48. The maximum absolute atomic E-state index is 7.28. The van der Waals surface area contributed by atoms with Crippen LogP contribution in [-0.2, 0) is 0 Å². The molecule has 2 aliphatic rings. The highest BCUT2D eigenvalue weighted by molar-refractivity contribution is 7.01. The van der Waals surface area contributed by atoms with Crippen LogP contribution in [0.5, 0.6) is 23.0 Å². The van der Waals surface area contributed by atoms with Crippen LogP contribution >= 0.6 is 0 Å². The highest BCUT2D eigenvalue weighted by Crippen LogP contribution is 2.47. The monoisotopic (exact) mass is 804 g/mol. The second-order valence-corrected chi connectivity index (χ2v) is 22.6. The van der Waals surface area contributed by atoms with E-state index in [1.165, 1.54) is 16.3 Å². The van der Waals surface area contributed by atoms with E-state index in [1.54, 1.807) is 0 Å². The van der Waals surface area contributed by atoms with Crippen LogP contribution in [0.1, 0.15) is 11.1 Å². The summed E-state index contributed by atoms with van der Waals surface area (Å²) in [5.41, 5.74) is 12.3. The molecule has 294 valence electrons. The van der Waals surface area contributed by atoms with Crippen LogP contribution in [0.4, 0.5) is 34.1 Å². The molecule has 0 spiro atoms. The summed E-state index contributed by atoms with van der Waals surface area (Å²) in [6.45, 7) is 11.3. The SMILES string of the molecule is Cc1cccc(N(c2ccccc2)c2cc3c(c4ccccc24)B2c4c(cc([Si](C)(C)C)cc4Oc4cc(N(c5ccccc5)c5cccc(C)c5)c5ccccc5c42)O3)c1. The zero-order valence-electron chi connectivity index (χ0n) is 35.1. The maximum Gasteiger partial charge on any atom is 0.262 e. The molecule has 0 radical (unpaired) electrons. The van der Waals surface area contributed by atoms with E-state index < -0.39 is 8.07 Å². The molecule has 4 nitrogen and oxygen atoms in total. The lowest BCUT2D eigenvalue weighted by molar-refractivity contribution is 0.466. The average Bonchev–Trinajstić information content (AvgIpc) is 3.27. The second kappa shape index (κ2) is 14.3. The normalized spacial score (nSPS) is 12.6. The summed E-state index contributed by atoms with van der Waals surface area (Å²) in [5, 5.41) is 5.92. The second-order valence-electron chi connectivity index (χ2n) is 17.5. The molecule has 0 fully saturated rings. The molecule has 0 saturated heterocycles. The highest BCUT2D eigenvalue weighted by Gasteiger charge is 2.44. The molecule has 0 amide bonds. The van der Waals surface area contributed by atoms with E-state index in [9.17, 15) is 0 Å². The zero-order valence-corrected chi connectivity index (χ0v) is 36.1. The van der Waals surface area contributed by atoms with Crippen molar-refractivity contribution in [2.24, 2.45) is 0 Å². The molecular formula is C55H45BN2O2Si. The molecule has 0 aliphatic carbocycles. The number of fused-ring (bicyclic) bond motifs is 8. The van der Waals surface area contributed by atoms with Gasteiger partial charge in [-0.05, 0) is 107 Å². The first-order chi connectivity index (χ1) is 29.7. The van der Waals surface area contributed by atoms with Crippen molar-refractivity contribution in [1.82, 2.24) is 0 Å². The minimum Gasteiger partial charge on any atom is -0.458 e. The van der Waals surface area contributed by atoms with Gasteiger partial charge in [-0.2, -0.15) is 0 Å². The van der Waals surface area contributed by atoms with Crippen LogP contribution in [0, 0.1) is 13.8 Å². The fourth-order valence-electron chi connectivity index (χ4n) is 9.54. The van der Waals surface area contributed by atoms with E-state index in [2.05, 4.69) is 225 Å². The Labute approximate surface area is 359 Å². The number of ether oxygens (including phenoxy) is 2. The van der Waals surface area contributed by atoms with Crippen molar-refractivity contribution in [1.29, 1.82) is 0 Å². The van der Waals surface area contributed by atoms with Gasteiger partial charge in [0, 0.05) is 51.1 Å². The fourth-order valence-corrected chi connectivity index (χ4v) is 10.7. The highest BCUT2D eigenvalue weighted by atomic mass is 28.3. The van der Waals surface area contributed by atoms with Gasteiger partial charge in [0.2, 0.25) is 0 Å². The first-order valence-corrected chi connectivity index (χ1v) is 24.7. The summed E-state index contributed by atoms with van der Waals surface area (Å²) < 4.78 is 14.6. The van der Waals surface area contributed by atoms with Crippen molar-refractivity contribution >= 4 is 92.0 Å². The number of benzene rings is 9. The molecule has 11 rings (SSSR count).